The van der Waals surface area contributed by atoms with Gasteiger partial charge in [-0.2, -0.15) is 35.1 Å². The lowest BCUT2D eigenvalue weighted by molar-refractivity contribution is -0.251. The Bertz CT molecular complexity index is 445. The maximum Gasteiger partial charge on any atom is 0.412 e. The van der Waals surface area contributed by atoms with Gasteiger partial charge in [-0.3, -0.25) is 4.57 Å². The Kier molecular flexibility index (Phi) is 11.7. The van der Waals surface area contributed by atoms with Gasteiger partial charge >= 0.3 is 30.0 Å². The minimum atomic E-state index is -5.58. The van der Waals surface area contributed by atoms with Gasteiger partial charge in [0, 0.05) is 0 Å². The molecule has 0 N–H and O–H groups in total. The summed E-state index contributed by atoms with van der Waals surface area (Å²) in [5, 5.41) is -3.40. The Balaban J connectivity index is 0. The molecule has 0 aromatic carbocycles. The van der Waals surface area contributed by atoms with Crippen molar-refractivity contribution in [1.29, 1.82) is 0 Å². The lowest BCUT2D eigenvalue weighted by atomic mass is 10.4. The van der Waals surface area contributed by atoms with Crippen LogP contribution in [0.4, 0.5) is 43.9 Å². The fraction of sp³-hybridized carbons (Fsp3) is 1.00. The van der Waals surface area contributed by atoms with E-state index < -0.39 is 57.2 Å². The number of hydrogen-bond donors (Lipinski definition) is 0. The van der Waals surface area contributed by atoms with Crippen LogP contribution in [0.1, 0.15) is 0 Å². The molecular weight excluding hydrogens is 506 g/mol. The van der Waals surface area contributed by atoms with Crippen LogP contribution in [0.5, 0.6) is 0 Å². The Labute approximate surface area is 154 Å². The van der Waals surface area contributed by atoms with Crippen LogP contribution >= 0.6 is 46.9 Å². The van der Waals surface area contributed by atoms with Crippen LogP contribution in [-0.2, 0) is 13.6 Å². The normalized spacial score (nSPS) is 14.3. The SMILES string of the molecule is FC(F)C(F)(F)C[P+](Cl)(Cl)Cl.O=P([O-])(OCC(F)(F)F)OCC(F)(F)F. The van der Waals surface area contributed by atoms with E-state index in [9.17, 15) is 53.4 Å². The largest absolute Gasteiger partial charge is 0.756 e. The number of halogens is 13. The third kappa shape index (κ3) is 19.5. The number of rotatable bonds is 7. The van der Waals surface area contributed by atoms with Crippen molar-refractivity contribution in [2.75, 3.05) is 19.4 Å². The van der Waals surface area contributed by atoms with Gasteiger partial charge in [-0.05, 0) is 0 Å². The molecule has 0 aromatic rings. The second kappa shape index (κ2) is 10.5. The van der Waals surface area contributed by atoms with Crippen LogP contribution < -0.4 is 4.89 Å². The molecule has 4 nitrogen and oxygen atoms in total. The fourth-order valence-corrected chi connectivity index (χ4v) is 3.38. The van der Waals surface area contributed by atoms with Crippen molar-refractivity contribution in [3.8, 4) is 0 Å². The van der Waals surface area contributed by atoms with E-state index in [4.69, 9.17) is 33.7 Å². The first-order chi connectivity index (χ1) is 11.1. The van der Waals surface area contributed by atoms with E-state index in [1.807, 2.05) is 0 Å². The first kappa shape index (κ1) is 28.9. The Morgan fingerprint density at radius 1 is 0.885 bits per heavy atom. The van der Waals surface area contributed by atoms with Gasteiger partial charge in [0.2, 0.25) is 0 Å². The van der Waals surface area contributed by atoms with Crippen LogP contribution in [0.15, 0.2) is 0 Å². The minimum Gasteiger partial charge on any atom is -0.756 e. The first-order valence-corrected chi connectivity index (χ1v) is 11.6. The van der Waals surface area contributed by atoms with Crippen molar-refractivity contribution >= 4 is 46.9 Å². The molecule has 0 aliphatic rings. The van der Waals surface area contributed by atoms with Crippen LogP contribution in [0, 0.1) is 0 Å². The molecule has 0 bridgehead atoms. The Morgan fingerprint density at radius 3 is 1.35 bits per heavy atom. The maximum atomic E-state index is 12.1. The average molecular weight is 513 g/mol. The molecule has 0 fully saturated rings. The van der Waals surface area contributed by atoms with E-state index in [-0.39, 0.29) is 0 Å². The van der Waals surface area contributed by atoms with Gasteiger partial charge in [0.05, 0.1) is 0 Å². The van der Waals surface area contributed by atoms with E-state index in [1.165, 1.54) is 0 Å². The standard InChI is InChI=1S/C4H5F6O4P.C3H3Cl3F4P/c5-3(6,7)1-13-15(11,12)14-2-4(8,9)10;4-11(5,6)1-3(9,10)2(7)8/h1-2H2,(H,11,12);2H,1H2/q;+1/p-1. The molecule has 160 valence electrons. The van der Waals surface area contributed by atoms with Crippen LogP contribution in [0.3, 0.4) is 0 Å². The predicted octanol–water partition coefficient (Wildman–Crippen LogP) is 5.98. The number of phosphoric acid groups is 1. The summed E-state index contributed by atoms with van der Waals surface area (Å²) in [6.07, 6.45) is -15.1. The number of hydrogen-bond acceptors (Lipinski definition) is 4. The highest BCUT2D eigenvalue weighted by molar-refractivity contribution is 8.32. The summed E-state index contributed by atoms with van der Waals surface area (Å²) in [5.74, 6) is -4.20. The van der Waals surface area contributed by atoms with E-state index in [0.717, 1.165) is 0 Å². The molecule has 0 amide bonds. The van der Waals surface area contributed by atoms with Crippen molar-refractivity contribution in [3.63, 3.8) is 0 Å². The van der Waals surface area contributed by atoms with Gasteiger partial charge in [-0.25, -0.2) is 8.78 Å². The summed E-state index contributed by atoms with van der Waals surface area (Å²) in [4.78, 5) is 10.3. The second-order valence-electron chi connectivity index (χ2n) is 3.99. The lowest BCUT2D eigenvalue weighted by Gasteiger charge is -2.23. The van der Waals surface area contributed by atoms with Crippen LogP contribution in [-0.4, -0.2) is 44.1 Å². The van der Waals surface area contributed by atoms with Gasteiger partial charge in [-0.15, -0.1) is 0 Å². The molecule has 0 aliphatic heterocycles. The summed E-state index contributed by atoms with van der Waals surface area (Å²) in [6, 6.07) is 0. The summed E-state index contributed by atoms with van der Waals surface area (Å²) in [6.45, 7) is -4.46. The van der Waals surface area contributed by atoms with E-state index in [1.54, 1.807) is 0 Å². The van der Waals surface area contributed by atoms with Crippen LogP contribution in [0.25, 0.3) is 0 Å². The highest BCUT2D eigenvalue weighted by Gasteiger charge is 2.53. The molecule has 0 rings (SSSR count). The zero-order valence-corrected chi connectivity index (χ0v) is 15.7. The van der Waals surface area contributed by atoms with Crippen molar-refractivity contribution in [2.24, 2.45) is 0 Å². The predicted molar refractivity (Wildman–Crippen MR) is 71.9 cm³/mol. The molecule has 0 aromatic heterocycles. The summed E-state index contributed by atoms with van der Waals surface area (Å²) < 4.78 is 132. The minimum absolute atomic E-state index is 1.37. The van der Waals surface area contributed by atoms with Crippen molar-refractivity contribution in [3.05, 3.63) is 0 Å². The van der Waals surface area contributed by atoms with Gasteiger partial charge in [0.1, 0.15) is 33.7 Å². The highest BCUT2D eigenvalue weighted by atomic mass is 36.1. The van der Waals surface area contributed by atoms with E-state index in [2.05, 4.69) is 9.05 Å². The molecule has 0 aliphatic carbocycles. The summed E-state index contributed by atoms with van der Waals surface area (Å²) >= 11 is 15.0. The molecule has 0 saturated carbocycles. The molecule has 19 heteroatoms. The highest BCUT2D eigenvalue weighted by Crippen LogP contribution is 2.75. The van der Waals surface area contributed by atoms with Crippen molar-refractivity contribution in [2.45, 2.75) is 24.7 Å². The molecule has 0 spiro atoms. The first-order valence-electron chi connectivity index (χ1n) is 5.43. The molecule has 0 heterocycles. The smallest absolute Gasteiger partial charge is 0.412 e. The summed E-state index contributed by atoms with van der Waals surface area (Å²) in [5.41, 5.74) is 0. The molecule has 0 atom stereocenters. The third-order valence-electron chi connectivity index (χ3n) is 1.48. The monoisotopic (exact) mass is 512 g/mol. The third-order valence-corrected chi connectivity index (χ3v) is 4.23. The van der Waals surface area contributed by atoms with Crippen LogP contribution in [0.2, 0.25) is 0 Å². The summed E-state index contributed by atoms with van der Waals surface area (Å²) in [7, 11) is -5.58. The topological polar surface area (TPSA) is 58.6 Å². The zero-order valence-electron chi connectivity index (χ0n) is 11.6. The van der Waals surface area contributed by atoms with Gasteiger partial charge in [0.15, 0.2) is 19.4 Å². The molecule has 0 radical (unpaired) electrons. The fourth-order valence-electron chi connectivity index (χ4n) is 0.650. The average Bonchev–Trinajstić information content (AvgIpc) is 2.31. The zero-order chi connectivity index (χ0) is 21.6. The Hall–Kier alpha value is 0.710. The molecule has 0 unspecified atom stereocenters. The van der Waals surface area contributed by atoms with E-state index >= 15 is 0 Å². The number of phosphoric ester groups is 1. The van der Waals surface area contributed by atoms with E-state index in [0.29, 0.717) is 0 Å². The van der Waals surface area contributed by atoms with Crippen molar-refractivity contribution < 1.29 is 62.4 Å². The molecule has 26 heavy (non-hydrogen) atoms. The number of alkyl halides is 10. The van der Waals surface area contributed by atoms with Crippen molar-refractivity contribution in [1.82, 2.24) is 0 Å². The van der Waals surface area contributed by atoms with Gasteiger partial charge < -0.3 is 13.9 Å². The maximum absolute atomic E-state index is 12.1. The van der Waals surface area contributed by atoms with Gasteiger partial charge in [-0.1, -0.05) is 0 Å². The lowest BCUT2D eigenvalue weighted by Crippen LogP contribution is -2.29. The van der Waals surface area contributed by atoms with Gasteiger partial charge in [0.25, 0.3) is 7.82 Å². The molecular formula is C7H7Cl3F10O4P2. The Morgan fingerprint density at radius 2 is 1.19 bits per heavy atom. The molecule has 0 saturated heterocycles. The second-order valence-corrected chi connectivity index (χ2v) is 13.6. The quantitative estimate of drug-likeness (QED) is 0.311.